The van der Waals surface area contributed by atoms with Crippen molar-refractivity contribution in [2.45, 2.75) is 25.4 Å². The summed E-state index contributed by atoms with van der Waals surface area (Å²) in [4.78, 5) is 2.38. The van der Waals surface area contributed by atoms with E-state index >= 15 is 0 Å². The molecule has 1 aliphatic heterocycles. The molecule has 0 unspecified atom stereocenters. The van der Waals surface area contributed by atoms with Crippen molar-refractivity contribution >= 4 is 15.9 Å². The number of alkyl halides is 1. The zero-order valence-electron chi connectivity index (χ0n) is 7.02. The second kappa shape index (κ2) is 3.87. The molecule has 1 heterocycles. The standard InChI is InChI=1S/C8H16BrNO/c1-8(11)2-5-10(6-3-8)7-4-9/h11H,2-7H2,1H3. The Kier molecular flexibility index (Phi) is 3.34. The number of nitrogens with zero attached hydrogens (tertiary/aromatic N) is 1. The number of rotatable bonds is 2. The van der Waals surface area contributed by atoms with E-state index in [1.54, 1.807) is 0 Å². The molecule has 0 aliphatic carbocycles. The Labute approximate surface area is 76.7 Å². The zero-order valence-corrected chi connectivity index (χ0v) is 8.60. The maximum Gasteiger partial charge on any atom is 0.0644 e. The van der Waals surface area contributed by atoms with Gasteiger partial charge in [-0.05, 0) is 19.8 Å². The van der Waals surface area contributed by atoms with Crippen molar-refractivity contribution in [3.8, 4) is 0 Å². The van der Waals surface area contributed by atoms with Gasteiger partial charge in [-0.1, -0.05) is 15.9 Å². The fourth-order valence-corrected chi connectivity index (χ4v) is 1.88. The van der Waals surface area contributed by atoms with E-state index in [-0.39, 0.29) is 0 Å². The molecular weight excluding hydrogens is 206 g/mol. The maximum atomic E-state index is 9.62. The lowest BCUT2D eigenvalue weighted by molar-refractivity contribution is -0.00359. The number of hydrogen-bond acceptors (Lipinski definition) is 2. The fourth-order valence-electron chi connectivity index (χ4n) is 1.38. The third kappa shape index (κ3) is 3.09. The predicted molar refractivity (Wildman–Crippen MR) is 50.1 cm³/mol. The molecule has 0 bridgehead atoms. The van der Waals surface area contributed by atoms with Crippen LogP contribution in [0.4, 0.5) is 0 Å². The Morgan fingerprint density at radius 2 is 2.00 bits per heavy atom. The number of piperidine rings is 1. The molecule has 0 aromatic rings. The molecule has 11 heavy (non-hydrogen) atoms. The van der Waals surface area contributed by atoms with Crippen LogP contribution in [0.3, 0.4) is 0 Å². The van der Waals surface area contributed by atoms with E-state index < -0.39 is 5.60 Å². The van der Waals surface area contributed by atoms with Gasteiger partial charge in [0.25, 0.3) is 0 Å². The minimum absolute atomic E-state index is 0.400. The van der Waals surface area contributed by atoms with Gasteiger partial charge >= 0.3 is 0 Å². The highest BCUT2D eigenvalue weighted by molar-refractivity contribution is 9.09. The van der Waals surface area contributed by atoms with Gasteiger partial charge < -0.3 is 10.0 Å². The predicted octanol–water partition coefficient (Wildman–Crippen LogP) is 1.23. The lowest BCUT2D eigenvalue weighted by Gasteiger charge is -2.35. The Morgan fingerprint density at radius 1 is 1.45 bits per heavy atom. The highest BCUT2D eigenvalue weighted by Gasteiger charge is 2.26. The summed E-state index contributed by atoms with van der Waals surface area (Å²) in [5.74, 6) is 0. The summed E-state index contributed by atoms with van der Waals surface area (Å²) in [6, 6.07) is 0. The highest BCUT2D eigenvalue weighted by atomic mass is 79.9. The van der Waals surface area contributed by atoms with E-state index in [1.807, 2.05) is 6.92 Å². The van der Waals surface area contributed by atoms with Crippen molar-refractivity contribution in [3.05, 3.63) is 0 Å². The molecule has 66 valence electrons. The summed E-state index contributed by atoms with van der Waals surface area (Å²) in [5.41, 5.74) is -0.400. The normalized spacial score (nSPS) is 25.4. The van der Waals surface area contributed by atoms with Gasteiger partial charge in [-0.15, -0.1) is 0 Å². The first-order valence-electron chi connectivity index (χ1n) is 4.15. The molecule has 1 aliphatic rings. The first-order valence-corrected chi connectivity index (χ1v) is 5.27. The van der Waals surface area contributed by atoms with Crippen molar-refractivity contribution in [1.29, 1.82) is 0 Å². The lowest BCUT2D eigenvalue weighted by Crippen LogP contribution is -2.42. The van der Waals surface area contributed by atoms with Gasteiger partial charge in [-0.3, -0.25) is 0 Å². The van der Waals surface area contributed by atoms with Gasteiger partial charge in [0.05, 0.1) is 5.60 Å². The smallest absolute Gasteiger partial charge is 0.0644 e. The molecule has 1 fully saturated rings. The van der Waals surface area contributed by atoms with E-state index in [0.717, 1.165) is 37.8 Å². The summed E-state index contributed by atoms with van der Waals surface area (Å²) >= 11 is 3.41. The molecule has 0 aromatic carbocycles. The van der Waals surface area contributed by atoms with E-state index in [9.17, 15) is 5.11 Å². The molecule has 0 atom stereocenters. The Morgan fingerprint density at radius 3 is 2.45 bits per heavy atom. The summed E-state index contributed by atoms with van der Waals surface area (Å²) < 4.78 is 0. The van der Waals surface area contributed by atoms with Crippen molar-refractivity contribution < 1.29 is 5.11 Å². The van der Waals surface area contributed by atoms with Gasteiger partial charge in [0.15, 0.2) is 0 Å². The van der Waals surface area contributed by atoms with E-state index in [1.165, 1.54) is 0 Å². The van der Waals surface area contributed by atoms with Crippen LogP contribution >= 0.6 is 15.9 Å². The van der Waals surface area contributed by atoms with Crippen LogP contribution in [0.5, 0.6) is 0 Å². The van der Waals surface area contributed by atoms with Crippen molar-refractivity contribution in [3.63, 3.8) is 0 Å². The highest BCUT2D eigenvalue weighted by Crippen LogP contribution is 2.20. The van der Waals surface area contributed by atoms with Gasteiger partial charge in [-0.25, -0.2) is 0 Å². The summed E-state index contributed by atoms with van der Waals surface area (Å²) in [5, 5.41) is 10.7. The molecule has 0 aromatic heterocycles. The van der Waals surface area contributed by atoms with E-state index in [0.29, 0.717) is 0 Å². The third-order valence-corrected chi connectivity index (χ3v) is 2.69. The van der Waals surface area contributed by atoms with Crippen molar-refractivity contribution in [1.82, 2.24) is 4.90 Å². The molecule has 0 amide bonds. The number of aliphatic hydroxyl groups is 1. The molecule has 1 rings (SSSR count). The van der Waals surface area contributed by atoms with Crippen LogP contribution in [0.25, 0.3) is 0 Å². The lowest BCUT2D eigenvalue weighted by atomic mass is 9.94. The molecule has 3 heteroatoms. The minimum atomic E-state index is -0.400. The Bertz CT molecular complexity index is 117. The van der Waals surface area contributed by atoms with Crippen LogP contribution in [-0.4, -0.2) is 40.6 Å². The molecule has 1 N–H and O–H groups in total. The SMILES string of the molecule is CC1(O)CCN(CCBr)CC1. The summed E-state index contributed by atoms with van der Waals surface area (Å²) in [6.45, 7) is 5.12. The Balaban J connectivity index is 2.25. The van der Waals surface area contributed by atoms with Crippen molar-refractivity contribution in [2.75, 3.05) is 25.0 Å². The molecule has 0 radical (unpaired) electrons. The van der Waals surface area contributed by atoms with Crippen LogP contribution in [0.15, 0.2) is 0 Å². The largest absolute Gasteiger partial charge is 0.390 e. The second-order valence-electron chi connectivity index (χ2n) is 3.53. The maximum absolute atomic E-state index is 9.62. The minimum Gasteiger partial charge on any atom is -0.390 e. The van der Waals surface area contributed by atoms with Crippen LogP contribution in [-0.2, 0) is 0 Å². The summed E-state index contributed by atoms with van der Waals surface area (Å²) in [6.07, 6.45) is 1.83. The van der Waals surface area contributed by atoms with Crippen LogP contribution < -0.4 is 0 Å². The van der Waals surface area contributed by atoms with Gasteiger partial charge in [0, 0.05) is 25.0 Å². The number of halogens is 1. The van der Waals surface area contributed by atoms with Crippen LogP contribution in [0.1, 0.15) is 19.8 Å². The molecule has 0 saturated carbocycles. The van der Waals surface area contributed by atoms with Crippen LogP contribution in [0, 0.1) is 0 Å². The summed E-state index contributed by atoms with van der Waals surface area (Å²) in [7, 11) is 0. The monoisotopic (exact) mass is 221 g/mol. The zero-order chi connectivity index (χ0) is 8.32. The average molecular weight is 222 g/mol. The topological polar surface area (TPSA) is 23.5 Å². The number of likely N-dealkylation sites (tertiary alicyclic amines) is 1. The van der Waals surface area contributed by atoms with Gasteiger partial charge in [-0.2, -0.15) is 0 Å². The van der Waals surface area contributed by atoms with Crippen LogP contribution in [0.2, 0.25) is 0 Å². The van der Waals surface area contributed by atoms with E-state index in [2.05, 4.69) is 20.8 Å². The van der Waals surface area contributed by atoms with Gasteiger partial charge in [0.2, 0.25) is 0 Å². The van der Waals surface area contributed by atoms with E-state index in [4.69, 9.17) is 0 Å². The first kappa shape index (κ1) is 9.49. The molecule has 1 saturated heterocycles. The third-order valence-electron chi connectivity index (χ3n) is 2.33. The molecular formula is C8H16BrNO. The second-order valence-corrected chi connectivity index (χ2v) is 4.32. The first-order chi connectivity index (χ1) is 5.14. The Hall–Kier alpha value is 0.400. The van der Waals surface area contributed by atoms with Gasteiger partial charge in [0.1, 0.15) is 0 Å². The number of hydrogen-bond donors (Lipinski definition) is 1. The van der Waals surface area contributed by atoms with Crippen molar-refractivity contribution in [2.24, 2.45) is 0 Å². The molecule has 0 spiro atoms. The quantitative estimate of drug-likeness (QED) is 0.710. The fraction of sp³-hybridized carbons (Fsp3) is 1.00. The average Bonchev–Trinajstić information content (AvgIpc) is 1.94. The molecule has 2 nitrogen and oxygen atoms in total.